The summed E-state index contributed by atoms with van der Waals surface area (Å²) < 4.78 is 32.7. The van der Waals surface area contributed by atoms with Gasteiger partial charge in [0, 0.05) is 12.1 Å². The first-order chi connectivity index (χ1) is 6.38. The third-order valence-corrected chi connectivity index (χ3v) is 2.51. The van der Waals surface area contributed by atoms with Crippen molar-refractivity contribution in [3.8, 4) is 0 Å². The predicted molar refractivity (Wildman–Crippen MR) is 50.4 cm³/mol. The van der Waals surface area contributed by atoms with Crippen LogP contribution < -0.4 is 4.57 Å². The van der Waals surface area contributed by atoms with Crippen LogP contribution in [0.5, 0.6) is 0 Å². The second kappa shape index (κ2) is 4.06. The van der Waals surface area contributed by atoms with Crippen LogP contribution >= 0.6 is 0 Å². The van der Waals surface area contributed by atoms with E-state index >= 15 is 0 Å². The minimum atomic E-state index is -4.20. The zero-order chi connectivity index (χ0) is 10.8. The van der Waals surface area contributed by atoms with Crippen LogP contribution in [0, 0.1) is 0 Å². The maximum Gasteiger partial charge on any atom is 0.236 e. The molecule has 0 aliphatic carbocycles. The zero-order valence-electron chi connectivity index (χ0n) is 8.17. The van der Waals surface area contributed by atoms with E-state index < -0.39 is 16.0 Å². The third kappa shape index (κ3) is 3.43. The lowest BCUT2D eigenvalue weighted by Gasteiger charge is -2.05. The Hall–Kier alpha value is -0.940. The summed E-state index contributed by atoms with van der Waals surface area (Å²) in [5, 5.41) is 0. The lowest BCUT2D eigenvalue weighted by molar-refractivity contribution is -0.678. The Morgan fingerprint density at radius 2 is 1.86 bits per heavy atom. The van der Waals surface area contributed by atoms with E-state index in [0.29, 0.717) is 5.92 Å². The van der Waals surface area contributed by atoms with Crippen LogP contribution in [0.15, 0.2) is 24.5 Å². The average molecular weight is 215 g/mol. The quantitative estimate of drug-likeness (QED) is 0.548. The van der Waals surface area contributed by atoms with Crippen molar-refractivity contribution in [3.05, 3.63) is 30.1 Å². The number of aromatic nitrogens is 1. The van der Waals surface area contributed by atoms with Crippen molar-refractivity contribution in [2.45, 2.75) is 25.6 Å². The van der Waals surface area contributed by atoms with Gasteiger partial charge >= 0.3 is 0 Å². The highest BCUT2D eigenvalue weighted by atomic mass is 32.2. The number of rotatable bonds is 3. The van der Waals surface area contributed by atoms with Crippen molar-refractivity contribution in [1.29, 1.82) is 0 Å². The molecule has 1 heterocycles. The van der Waals surface area contributed by atoms with Crippen molar-refractivity contribution >= 4 is 10.1 Å². The van der Waals surface area contributed by atoms with E-state index in [0.717, 1.165) is 5.56 Å². The van der Waals surface area contributed by atoms with Crippen molar-refractivity contribution in [2.24, 2.45) is 0 Å². The summed E-state index contributed by atoms with van der Waals surface area (Å²) in [5.41, 5.74) is 1.12. The number of pyridine rings is 1. The molecule has 0 unspecified atom stereocenters. The molecule has 0 fully saturated rings. The lowest BCUT2D eigenvalue weighted by atomic mass is 10.1. The first-order valence-electron chi connectivity index (χ1n) is 4.31. The Labute approximate surface area is 83.9 Å². The second-order valence-corrected chi connectivity index (χ2v) is 4.86. The minimum absolute atomic E-state index is 0.397. The Bertz CT molecular complexity index is 395. The standard InChI is InChI=1S/C9H13NO3S/c1-8(2)9-3-5-10(6-4-9)7-14(11,12)13/h3-6,8H,7H2,1-2H3. The van der Waals surface area contributed by atoms with Gasteiger partial charge in [-0.1, -0.05) is 13.8 Å². The van der Waals surface area contributed by atoms with Crippen LogP contribution in [0.3, 0.4) is 0 Å². The summed E-state index contributed by atoms with van der Waals surface area (Å²) in [6, 6.07) is 3.63. The van der Waals surface area contributed by atoms with Crippen LogP contribution in [-0.2, 0) is 16.0 Å². The fourth-order valence-electron chi connectivity index (χ4n) is 1.12. The highest BCUT2D eigenvalue weighted by Crippen LogP contribution is 2.10. The van der Waals surface area contributed by atoms with E-state index in [4.69, 9.17) is 0 Å². The topological polar surface area (TPSA) is 61.1 Å². The summed E-state index contributed by atoms with van der Waals surface area (Å²) in [4.78, 5) is 0. The molecule has 14 heavy (non-hydrogen) atoms. The monoisotopic (exact) mass is 215 g/mol. The summed E-state index contributed by atoms with van der Waals surface area (Å²) in [5.74, 6) is -0.112. The number of nitrogens with zero attached hydrogens (tertiary/aromatic N) is 1. The molecule has 78 valence electrons. The highest BCUT2D eigenvalue weighted by molar-refractivity contribution is 7.84. The van der Waals surface area contributed by atoms with Gasteiger partial charge in [-0.2, -0.15) is 4.57 Å². The Morgan fingerprint density at radius 3 is 2.21 bits per heavy atom. The van der Waals surface area contributed by atoms with E-state index in [2.05, 4.69) is 0 Å². The summed E-state index contributed by atoms with van der Waals surface area (Å²) in [6.45, 7) is 4.09. The van der Waals surface area contributed by atoms with Crippen LogP contribution in [0.2, 0.25) is 0 Å². The molecule has 0 bridgehead atoms. The van der Waals surface area contributed by atoms with E-state index in [-0.39, 0.29) is 0 Å². The fourth-order valence-corrected chi connectivity index (χ4v) is 1.66. The van der Waals surface area contributed by atoms with Gasteiger partial charge in [0.1, 0.15) is 0 Å². The molecule has 0 aliphatic heterocycles. The summed E-state index contributed by atoms with van der Waals surface area (Å²) >= 11 is 0. The average Bonchev–Trinajstić information content (AvgIpc) is 2.02. The van der Waals surface area contributed by atoms with E-state index in [1.165, 1.54) is 4.57 Å². The SMILES string of the molecule is CC(C)c1cc[n+](CS(=O)(=O)[O-])cc1. The molecule has 0 atom stereocenters. The fraction of sp³-hybridized carbons (Fsp3) is 0.444. The first-order valence-corrected chi connectivity index (χ1v) is 5.89. The zero-order valence-corrected chi connectivity index (χ0v) is 8.99. The number of hydrogen-bond acceptors (Lipinski definition) is 3. The van der Waals surface area contributed by atoms with Gasteiger partial charge in [0.25, 0.3) is 0 Å². The van der Waals surface area contributed by atoms with Gasteiger partial charge in [-0.3, -0.25) is 0 Å². The van der Waals surface area contributed by atoms with Gasteiger partial charge in [0.15, 0.2) is 22.5 Å². The first kappa shape index (κ1) is 11.1. The predicted octanol–water partition coefficient (Wildman–Crippen LogP) is 0.600. The molecule has 0 aromatic carbocycles. The third-order valence-electron chi connectivity index (χ3n) is 1.89. The largest absolute Gasteiger partial charge is 0.743 e. The molecule has 0 spiro atoms. The molecule has 0 saturated heterocycles. The van der Waals surface area contributed by atoms with E-state index in [1.54, 1.807) is 12.4 Å². The number of hydrogen-bond donors (Lipinski definition) is 0. The summed E-state index contributed by atoms with van der Waals surface area (Å²) in [7, 11) is -4.20. The molecule has 0 saturated carbocycles. The van der Waals surface area contributed by atoms with Gasteiger partial charge in [-0.15, -0.1) is 0 Å². The van der Waals surface area contributed by atoms with Crippen LogP contribution in [0.4, 0.5) is 0 Å². The lowest BCUT2D eigenvalue weighted by Crippen LogP contribution is -2.36. The van der Waals surface area contributed by atoms with E-state index in [9.17, 15) is 13.0 Å². The van der Waals surface area contributed by atoms with Crippen LogP contribution in [0.25, 0.3) is 0 Å². The smallest absolute Gasteiger partial charge is 0.236 e. The normalized spacial score (nSPS) is 12.0. The van der Waals surface area contributed by atoms with Gasteiger partial charge in [0.2, 0.25) is 5.88 Å². The molecular formula is C9H13NO3S. The summed E-state index contributed by atoms with van der Waals surface area (Å²) in [6.07, 6.45) is 3.20. The Kier molecular flexibility index (Phi) is 3.23. The van der Waals surface area contributed by atoms with Crippen molar-refractivity contribution in [1.82, 2.24) is 0 Å². The van der Waals surface area contributed by atoms with E-state index in [1.807, 2.05) is 26.0 Å². The van der Waals surface area contributed by atoms with Gasteiger partial charge in [-0.05, 0) is 11.5 Å². The maximum absolute atomic E-state index is 10.4. The van der Waals surface area contributed by atoms with Crippen LogP contribution in [0.1, 0.15) is 25.3 Å². The molecule has 0 radical (unpaired) electrons. The molecule has 4 nitrogen and oxygen atoms in total. The highest BCUT2D eigenvalue weighted by Gasteiger charge is 2.06. The molecular weight excluding hydrogens is 202 g/mol. The minimum Gasteiger partial charge on any atom is -0.743 e. The van der Waals surface area contributed by atoms with Gasteiger partial charge < -0.3 is 4.55 Å². The molecule has 1 aromatic rings. The van der Waals surface area contributed by atoms with Crippen molar-refractivity contribution in [3.63, 3.8) is 0 Å². The second-order valence-electron chi connectivity index (χ2n) is 3.49. The van der Waals surface area contributed by atoms with Crippen molar-refractivity contribution < 1.29 is 17.5 Å². The molecule has 0 aliphatic rings. The molecule has 1 aromatic heterocycles. The molecule has 5 heteroatoms. The Balaban J connectivity index is 2.84. The molecule has 0 amide bonds. The Morgan fingerprint density at radius 1 is 1.36 bits per heavy atom. The molecule has 0 N–H and O–H groups in total. The van der Waals surface area contributed by atoms with Crippen molar-refractivity contribution in [2.75, 3.05) is 0 Å². The molecule has 1 rings (SSSR count). The van der Waals surface area contributed by atoms with Gasteiger partial charge in [0.05, 0.1) is 0 Å². The van der Waals surface area contributed by atoms with Crippen LogP contribution in [-0.4, -0.2) is 13.0 Å². The van der Waals surface area contributed by atoms with Gasteiger partial charge in [-0.25, -0.2) is 8.42 Å². The maximum atomic E-state index is 10.4.